The van der Waals surface area contributed by atoms with Crippen molar-refractivity contribution >= 4 is 11.6 Å². The van der Waals surface area contributed by atoms with Crippen LogP contribution in [0.2, 0.25) is 0 Å². The molecule has 0 radical (unpaired) electrons. The molecular formula is C13H16N2O2. The number of terminal acetylenes is 1. The van der Waals surface area contributed by atoms with Gasteiger partial charge in [0.05, 0.1) is 13.2 Å². The second-order valence-electron chi connectivity index (χ2n) is 3.69. The average molecular weight is 232 g/mol. The maximum atomic E-state index is 11.6. The van der Waals surface area contributed by atoms with Gasteiger partial charge in [-0.3, -0.25) is 4.79 Å². The number of carbonyl (C=O) groups is 1. The second kappa shape index (κ2) is 5.92. The van der Waals surface area contributed by atoms with Gasteiger partial charge in [-0.2, -0.15) is 0 Å². The average Bonchev–Trinajstić information content (AvgIpc) is 2.29. The van der Waals surface area contributed by atoms with Crippen LogP contribution in [0.3, 0.4) is 0 Å². The summed E-state index contributed by atoms with van der Waals surface area (Å²) in [6.07, 6.45) is 5.32. The maximum absolute atomic E-state index is 11.6. The Hall–Kier alpha value is -1.99. The van der Waals surface area contributed by atoms with Gasteiger partial charge in [-0.25, -0.2) is 0 Å². The fourth-order valence-electron chi connectivity index (χ4n) is 1.41. The van der Waals surface area contributed by atoms with Crippen molar-refractivity contribution in [2.24, 2.45) is 5.73 Å². The molecule has 0 aliphatic heterocycles. The minimum absolute atomic E-state index is 0.223. The third-order valence-electron chi connectivity index (χ3n) is 2.34. The first kappa shape index (κ1) is 13.1. The zero-order chi connectivity index (χ0) is 12.8. The number of nitrogens with two attached hydrogens (primary N) is 1. The van der Waals surface area contributed by atoms with Crippen LogP contribution in [-0.2, 0) is 4.79 Å². The molecule has 0 saturated heterocycles. The third-order valence-corrected chi connectivity index (χ3v) is 2.34. The number of benzene rings is 1. The zero-order valence-corrected chi connectivity index (χ0v) is 9.99. The van der Waals surface area contributed by atoms with E-state index in [0.29, 0.717) is 5.69 Å². The number of hydrogen-bond acceptors (Lipinski definition) is 3. The Balaban J connectivity index is 2.73. The molecule has 0 saturated carbocycles. The number of amides is 1. The van der Waals surface area contributed by atoms with Gasteiger partial charge in [0.25, 0.3) is 0 Å². The molecule has 0 aromatic heterocycles. The van der Waals surface area contributed by atoms with Gasteiger partial charge in [-0.05, 0) is 30.7 Å². The number of aryl methyl sites for hydroxylation is 1. The summed E-state index contributed by atoms with van der Waals surface area (Å²) in [6.45, 7) is 1.90. The first-order valence-corrected chi connectivity index (χ1v) is 5.23. The molecule has 0 bridgehead atoms. The van der Waals surface area contributed by atoms with E-state index < -0.39 is 6.04 Å². The van der Waals surface area contributed by atoms with Crippen LogP contribution in [0, 0.1) is 19.3 Å². The van der Waals surface area contributed by atoms with Crippen LogP contribution >= 0.6 is 0 Å². The SMILES string of the molecule is C#CCC(N)C(=O)Nc1ccc(OC)c(C)c1. The summed E-state index contributed by atoms with van der Waals surface area (Å²) in [4.78, 5) is 11.6. The van der Waals surface area contributed by atoms with Gasteiger partial charge in [-0.1, -0.05) is 0 Å². The van der Waals surface area contributed by atoms with Crippen molar-refractivity contribution in [2.75, 3.05) is 12.4 Å². The highest BCUT2D eigenvalue weighted by Crippen LogP contribution is 2.21. The number of ether oxygens (including phenoxy) is 1. The van der Waals surface area contributed by atoms with Gasteiger partial charge >= 0.3 is 0 Å². The molecule has 90 valence electrons. The van der Waals surface area contributed by atoms with E-state index in [2.05, 4.69) is 11.2 Å². The first-order valence-electron chi connectivity index (χ1n) is 5.23. The normalized spacial score (nSPS) is 11.4. The van der Waals surface area contributed by atoms with Crippen LogP contribution < -0.4 is 15.8 Å². The van der Waals surface area contributed by atoms with E-state index in [1.165, 1.54) is 0 Å². The molecule has 1 aromatic rings. The molecule has 1 rings (SSSR count). The minimum atomic E-state index is -0.678. The number of rotatable bonds is 4. The standard InChI is InChI=1S/C13H16N2O2/c1-4-5-11(14)13(16)15-10-6-7-12(17-3)9(2)8-10/h1,6-8,11H,5,14H2,2-3H3,(H,15,16). The van der Waals surface area contributed by atoms with E-state index >= 15 is 0 Å². The quantitative estimate of drug-likeness (QED) is 0.769. The minimum Gasteiger partial charge on any atom is -0.496 e. The lowest BCUT2D eigenvalue weighted by Crippen LogP contribution is -2.35. The number of nitrogens with one attached hydrogen (secondary N) is 1. The predicted octanol–water partition coefficient (Wildman–Crippen LogP) is 1.29. The molecule has 0 aliphatic carbocycles. The van der Waals surface area contributed by atoms with E-state index in [4.69, 9.17) is 16.9 Å². The molecular weight excluding hydrogens is 216 g/mol. The van der Waals surface area contributed by atoms with Crippen molar-refractivity contribution < 1.29 is 9.53 Å². The van der Waals surface area contributed by atoms with E-state index in [9.17, 15) is 4.79 Å². The number of carbonyl (C=O) groups excluding carboxylic acids is 1. The fourth-order valence-corrected chi connectivity index (χ4v) is 1.41. The van der Waals surface area contributed by atoms with E-state index in [1.54, 1.807) is 19.2 Å². The Morgan fingerprint density at radius 3 is 2.88 bits per heavy atom. The topological polar surface area (TPSA) is 64.4 Å². The van der Waals surface area contributed by atoms with Crippen LogP contribution in [0.25, 0.3) is 0 Å². The lowest BCUT2D eigenvalue weighted by Gasteiger charge is -2.11. The van der Waals surface area contributed by atoms with Crippen molar-refractivity contribution in [1.82, 2.24) is 0 Å². The highest BCUT2D eigenvalue weighted by Gasteiger charge is 2.12. The molecule has 1 atom stereocenters. The Morgan fingerprint density at radius 2 is 2.35 bits per heavy atom. The third kappa shape index (κ3) is 3.51. The van der Waals surface area contributed by atoms with Crippen LogP contribution in [0.4, 0.5) is 5.69 Å². The van der Waals surface area contributed by atoms with E-state index in [1.807, 2.05) is 13.0 Å². The van der Waals surface area contributed by atoms with Crippen LogP contribution in [0.1, 0.15) is 12.0 Å². The summed E-state index contributed by atoms with van der Waals surface area (Å²) < 4.78 is 5.13. The monoisotopic (exact) mass is 232 g/mol. The van der Waals surface area contributed by atoms with Gasteiger partial charge < -0.3 is 15.8 Å². The molecule has 1 amide bonds. The smallest absolute Gasteiger partial charge is 0.242 e. The summed E-state index contributed by atoms with van der Waals surface area (Å²) in [7, 11) is 1.60. The highest BCUT2D eigenvalue weighted by molar-refractivity contribution is 5.95. The lowest BCUT2D eigenvalue weighted by atomic mass is 10.1. The molecule has 17 heavy (non-hydrogen) atoms. The molecule has 1 aromatic carbocycles. The fraction of sp³-hybridized carbons (Fsp3) is 0.308. The van der Waals surface area contributed by atoms with Gasteiger partial charge in [-0.15, -0.1) is 12.3 Å². The molecule has 4 heteroatoms. The maximum Gasteiger partial charge on any atom is 0.242 e. The summed E-state index contributed by atoms with van der Waals surface area (Å²) in [5, 5.41) is 2.70. The molecule has 1 unspecified atom stereocenters. The summed E-state index contributed by atoms with van der Waals surface area (Å²) in [5.74, 6) is 2.85. The van der Waals surface area contributed by atoms with Crippen molar-refractivity contribution in [2.45, 2.75) is 19.4 Å². The Labute approximate surface area is 101 Å². The first-order chi connectivity index (χ1) is 8.08. The predicted molar refractivity (Wildman–Crippen MR) is 67.8 cm³/mol. The van der Waals surface area contributed by atoms with Crippen molar-refractivity contribution in [1.29, 1.82) is 0 Å². The molecule has 0 fully saturated rings. The highest BCUT2D eigenvalue weighted by atomic mass is 16.5. The van der Waals surface area contributed by atoms with Gasteiger partial charge in [0.15, 0.2) is 0 Å². The summed E-state index contributed by atoms with van der Waals surface area (Å²) in [6, 6.07) is 4.69. The van der Waals surface area contributed by atoms with Crippen molar-refractivity contribution in [3.05, 3.63) is 23.8 Å². The molecule has 3 N–H and O–H groups in total. The second-order valence-corrected chi connectivity index (χ2v) is 3.69. The molecule has 0 spiro atoms. The summed E-state index contributed by atoms with van der Waals surface area (Å²) in [5.41, 5.74) is 7.21. The molecule has 0 aliphatic rings. The summed E-state index contributed by atoms with van der Waals surface area (Å²) >= 11 is 0. The molecule has 4 nitrogen and oxygen atoms in total. The Morgan fingerprint density at radius 1 is 1.65 bits per heavy atom. The van der Waals surface area contributed by atoms with Crippen LogP contribution in [0.15, 0.2) is 18.2 Å². The van der Waals surface area contributed by atoms with Crippen LogP contribution in [0.5, 0.6) is 5.75 Å². The van der Waals surface area contributed by atoms with Crippen molar-refractivity contribution in [3.63, 3.8) is 0 Å². The Bertz CT molecular complexity index is 449. The lowest BCUT2D eigenvalue weighted by molar-refractivity contribution is -0.117. The zero-order valence-electron chi connectivity index (χ0n) is 9.99. The van der Waals surface area contributed by atoms with Gasteiger partial charge in [0.2, 0.25) is 5.91 Å². The van der Waals surface area contributed by atoms with Gasteiger partial charge in [0.1, 0.15) is 5.75 Å². The van der Waals surface area contributed by atoms with Gasteiger partial charge in [0, 0.05) is 12.1 Å². The largest absolute Gasteiger partial charge is 0.496 e. The Kier molecular flexibility index (Phi) is 4.56. The van der Waals surface area contributed by atoms with Crippen LogP contribution in [-0.4, -0.2) is 19.1 Å². The number of anilines is 1. The molecule has 0 heterocycles. The van der Waals surface area contributed by atoms with E-state index in [0.717, 1.165) is 11.3 Å². The number of methoxy groups -OCH3 is 1. The van der Waals surface area contributed by atoms with Crippen molar-refractivity contribution in [3.8, 4) is 18.1 Å². The number of hydrogen-bond donors (Lipinski definition) is 2. The van der Waals surface area contributed by atoms with E-state index in [-0.39, 0.29) is 12.3 Å².